The first kappa shape index (κ1) is 15.2. The summed E-state index contributed by atoms with van der Waals surface area (Å²) >= 11 is 2.01. The molecule has 0 aliphatic rings. The van der Waals surface area contributed by atoms with E-state index in [1.54, 1.807) is 0 Å². The Hall–Kier alpha value is -0.900. The fourth-order valence-electron chi connectivity index (χ4n) is 1.89. The first-order valence-electron chi connectivity index (χ1n) is 6.16. The maximum absolute atomic E-state index is 7.47. The summed E-state index contributed by atoms with van der Waals surface area (Å²) in [6.07, 6.45) is 9.38. The van der Waals surface area contributed by atoms with Crippen LogP contribution in [0.3, 0.4) is 0 Å². The molecule has 0 aromatic heterocycles. The average molecular weight is 353 g/mol. The Balaban J connectivity index is 3.16. The van der Waals surface area contributed by atoms with Crippen LogP contribution >= 0.6 is 22.6 Å². The first-order valence-corrected chi connectivity index (χ1v) is 7.24. The van der Waals surface area contributed by atoms with Crippen molar-refractivity contribution in [2.75, 3.05) is 0 Å². The van der Waals surface area contributed by atoms with Crippen LogP contribution in [0, 0.1) is 5.41 Å². The number of hydrogen-bond donors (Lipinski definition) is 1. The fourth-order valence-corrected chi connectivity index (χ4v) is 2.07. The van der Waals surface area contributed by atoms with Gasteiger partial charge in [0.05, 0.1) is 3.72 Å². The second-order valence-corrected chi connectivity index (χ2v) is 5.96. The van der Waals surface area contributed by atoms with Gasteiger partial charge in [0.25, 0.3) is 0 Å². The monoisotopic (exact) mass is 353 g/mol. The van der Waals surface area contributed by atoms with E-state index < -0.39 is 0 Å². The zero-order valence-electron chi connectivity index (χ0n) is 11.2. The molecule has 1 rings (SSSR count). The summed E-state index contributed by atoms with van der Waals surface area (Å²) in [5.41, 5.74) is 2.50. The number of nitrogens with one attached hydrogen (secondary N) is 1. The molecule has 0 bridgehead atoms. The van der Waals surface area contributed by atoms with Crippen molar-refractivity contribution in [3.8, 4) is 0 Å². The van der Waals surface area contributed by atoms with E-state index in [0.717, 1.165) is 6.42 Å². The molecule has 1 aromatic rings. The quantitative estimate of drug-likeness (QED) is 0.419. The van der Waals surface area contributed by atoms with Gasteiger partial charge in [-0.1, -0.05) is 63.3 Å². The van der Waals surface area contributed by atoms with Gasteiger partial charge in [0.15, 0.2) is 0 Å². The van der Waals surface area contributed by atoms with Crippen molar-refractivity contribution >= 4 is 32.4 Å². The lowest BCUT2D eigenvalue weighted by Gasteiger charge is -2.23. The molecule has 1 N–H and O–H groups in total. The number of benzene rings is 1. The van der Waals surface area contributed by atoms with Crippen molar-refractivity contribution in [3.63, 3.8) is 0 Å². The van der Waals surface area contributed by atoms with E-state index in [1.807, 2.05) is 40.8 Å². The molecule has 0 aliphatic carbocycles. The van der Waals surface area contributed by atoms with Crippen molar-refractivity contribution in [3.05, 3.63) is 53.6 Å². The van der Waals surface area contributed by atoms with Gasteiger partial charge in [0, 0.05) is 5.41 Å². The molecule has 1 aromatic carbocycles. The summed E-state index contributed by atoms with van der Waals surface area (Å²) in [6.45, 7) is 6.60. The van der Waals surface area contributed by atoms with E-state index in [-0.39, 0.29) is 5.41 Å². The van der Waals surface area contributed by atoms with Crippen LogP contribution in [0.4, 0.5) is 0 Å². The molecule has 96 valence electrons. The van der Waals surface area contributed by atoms with Crippen molar-refractivity contribution in [2.45, 2.75) is 32.6 Å². The van der Waals surface area contributed by atoms with E-state index in [9.17, 15) is 0 Å². The Morgan fingerprint density at radius 3 is 2.61 bits per heavy atom. The van der Waals surface area contributed by atoms with Gasteiger partial charge in [-0.3, -0.25) is 5.41 Å². The number of halogens is 1. The number of allylic oxidation sites excluding steroid dienone is 3. The van der Waals surface area contributed by atoms with Gasteiger partial charge in [0.2, 0.25) is 0 Å². The number of rotatable bonds is 5. The Kier molecular flexibility index (Phi) is 5.79. The lowest BCUT2D eigenvalue weighted by molar-refractivity contribution is 0.665. The predicted molar refractivity (Wildman–Crippen MR) is 89.7 cm³/mol. The highest BCUT2D eigenvalue weighted by molar-refractivity contribution is 14.1. The van der Waals surface area contributed by atoms with Crippen LogP contribution in [-0.4, -0.2) is 3.72 Å². The van der Waals surface area contributed by atoms with Crippen molar-refractivity contribution in [1.82, 2.24) is 0 Å². The van der Waals surface area contributed by atoms with E-state index in [4.69, 9.17) is 5.41 Å². The van der Waals surface area contributed by atoms with Gasteiger partial charge >= 0.3 is 0 Å². The van der Waals surface area contributed by atoms with Crippen molar-refractivity contribution < 1.29 is 0 Å². The highest BCUT2D eigenvalue weighted by atomic mass is 127. The minimum atomic E-state index is 0.0183. The molecule has 2 heteroatoms. The van der Waals surface area contributed by atoms with Crippen LogP contribution in [0.25, 0.3) is 6.08 Å². The van der Waals surface area contributed by atoms with Crippen LogP contribution in [0.15, 0.2) is 42.5 Å². The molecule has 0 spiro atoms. The molecular weight excluding hydrogens is 333 g/mol. The maximum atomic E-state index is 7.47. The van der Waals surface area contributed by atoms with Gasteiger partial charge < -0.3 is 0 Å². The topological polar surface area (TPSA) is 23.9 Å². The van der Waals surface area contributed by atoms with Gasteiger partial charge in [-0.15, -0.1) is 0 Å². The lowest BCUT2D eigenvalue weighted by Crippen LogP contribution is -2.15. The van der Waals surface area contributed by atoms with E-state index in [0.29, 0.717) is 3.72 Å². The summed E-state index contributed by atoms with van der Waals surface area (Å²) in [5.74, 6) is 0. The highest BCUT2D eigenvalue weighted by Gasteiger charge is 2.18. The summed E-state index contributed by atoms with van der Waals surface area (Å²) < 4.78 is 0.546. The first-order chi connectivity index (χ1) is 8.47. The summed E-state index contributed by atoms with van der Waals surface area (Å²) in [7, 11) is 0. The molecule has 1 nitrogen and oxygen atoms in total. The van der Waals surface area contributed by atoms with E-state index >= 15 is 0 Å². The zero-order valence-corrected chi connectivity index (χ0v) is 13.4. The van der Waals surface area contributed by atoms with Gasteiger partial charge in [-0.05, 0) is 46.2 Å². The van der Waals surface area contributed by atoms with Crippen molar-refractivity contribution in [2.24, 2.45) is 0 Å². The third kappa shape index (κ3) is 4.41. The Labute approximate surface area is 124 Å². The molecule has 0 saturated heterocycles. The van der Waals surface area contributed by atoms with Crippen LogP contribution < -0.4 is 0 Å². The molecule has 0 radical (unpaired) electrons. The third-order valence-corrected chi connectivity index (χ3v) is 3.19. The number of hydrogen-bond acceptors (Lipinski definition) is 1. The molecular formula is C16H20IN. The molecule has 0 atom stereocenters. The average Bonchev–Trinajstić information content (AvgIpc) is 2.34. The SMILES string of the molecule is CCC=CC(C)(C)c1ccccc1/C=C\C(=N)I. The molecule has 0 fully saturated rings. The molecule has 18 heavy (non-hydrogen) atoms. The van der Waals surface area contributed by atoms with Crippen LogP contribution in [-0.2, 0) is 5.41 Å². The molecule has 0 unspecified atom stereocenters. The smallest absolute Gasteiger partial charge is 0.0919 e. The van der Waals surface area contributed by atoms with Gasteiger partial charge in [-0.25, -0.2) is 0 Å². The minimum absolute atomic E-state index is 0.0183. The largest absolute Gasteiger partial charge is 0.294 e. The Bertz CT molecular complexity index is 470. The lowest BCUT2D eigenvalue weighted by atomic mass is 9.81. The van der Waals surface area contributed by atoms with Gasteiger partial charge in [0.1, 0.15) is 0 Å². The Morgan fingerprint density at radius 2 is 2.00 bits per heavy atom. The molecule has 0 saturated carbocycles. The summed E-state index contributed by atoms with van der Waals surface area (Å²) in [4.78, 5) is 0. The van der Waals surface area contributed by atoms with E-state index in [2.05, 4.69) is 51.1 Å². The summed E-state index contributed by atoms with van der Waals surface area (Å²) in [5, 5.41) is 7.47. The third-order valence-electron chi connectivity index (χ3n) is 2.83. The summed E-state index contributed by atoms with van der Waals surface area (Å²) in [6, 6.07) is 8.38. The molecule has 0 aliphatic heterocycles. The second-order valence-electron chi connectivity index (χ2n) is 4.80. The van der Waals surface area contributed by atoms with E-state index in [1.165, 1.54) is 11.1 Å². The minimum Gasteiger partial charge on any atom is -0.294 e. The van der Waals surface area contributed by atoms with Crippen LogP contribution in [0.1, 0.15) is 38.3 Å². The standard InChI is InChI=1S/C16H20IN/c1-4-5-12-16(2,3)14-9-7-6-8-13(14)10-11-15(17)18/h5-12,18H,4H2,1-3H3/b11-10-,12-5?,18-15?. The fraction of sp³-hybridized carbons (Fsp3) is 0.312. The van der Waals surface area contributed by atoms with Gasteiger partial charge in [-0.2, -0.15) is 0 Å². The normalized spacial score (nSPS) is 12.4. The maximum Gasteiger partial charge on any atom is 0.0919 e. The van der Waals surface area contributed by atoms with Crippen LogP contribution in [0.2, 0.25) is 0 Å². The molecule has 0 amide bonds. The zero-order chi connectivity index (χ0) is 13.6. The highest BCUT2D eigenvalue weighted by Crippen LogP contribution is 2.29. The van der Waals surface area contributed by atoms with Crippen LogP contribution in [0.5, 0.6) is 0 Å². The Morgan fingerprint density at radius 1 is 1.33 bits per heavy atom. The van der Waals surface area contributed by atoms with Crippen molar-refractivity contribution in [1.29, 1.82) is 5.41 Å². The second kappa shape index (κ2) is 6.88. The molecule has 0 heterocycles. The predicted octanol–water partition coefficient (Wildman–Crippen LogP) is 5.36.